The van der Waals surface area contributed by atoms with E-state index < -0.39 is 11.9 Å². The van der Waals surface area contributed by atoms with E-state index in [1.165, 1.54) is 0 Å². The summed E-state index contributed by atoms with van der Waals surface area (Å²) in [5.41, 5.74) is 10.1. The molecule has 2 aromatic rings. The van der Waals surface area contributed by atoms with Crippen LogP contribution in [0.1, 0.15) is 18.4 Å². The Kier molecular flexibility index (Phi) is 8.14. The van der Waals surface area contributed by atoms with Crippen LogP contribution in [0.4, 0.5) is 0 Å². The van der Waals surface area contributed by atoms with Gasteiger partial charge in [-0.1, -0.05) is 0 Å². The van der Waals surface area contributed by atoms with Crippen molar-refractivity contribution in [1.29, 1.82) is 0 Å². The lowest BCUT2D eigenvalue weighted by Gasteiger charge is -1.99. The number of guanidine groups is 1. The molecule has 1 heterocycles. The molecule has 1 aromatic carbocycles. The molecule has 0 spiro atoms. The number of ether oxygens (including phenoxy) is 1. The van der Waals surface area contributed by atoms with Crippen molar-refractivity contribution < 1.29 is 24.5 Å². The molecule has 0 radical (unpaired) electrons. The summed E-state index contributed by atoms with van der Waals surface area (Å²) in [6, 6.07) is 5.81. The minimum Gasteiger partial charge on any atom is -0.497 e. The van der Waals surface area contributed by atoms with Crippen molar-refractivity contribution >= 4 is 35.0 Å². The van der Waals surface area contributed by atoms with Gasteiger partial charge in [-0.3, -0.25) is 14.6 Å². The Morgan fingerprint density at radius 3 is 2.50 bits per heavy atom. The maximum Gasteiger partial charge on any atom is 0.303 e. The van der Waals surface area contributed by atoms with E-state index in [4.69, 9.17) is 20.7 Å². The Balaban J connectivity index is 0.000000359. The second kappa shape index (κ2) is 10.3. The SMILES string of the molecule is CN=C(N)N/N=C\c1c[nH]c2ccc(OC)cc12.O=C(O)CCC(=O)O. The van der Waals surface area contributed by atoms with Crippen molar-refractivity contribution in [2.45, 2.75) is 12.8 Å². The normalized spacial score (nSPS) is 11.1. The third-order valence-electron chi connectivity index (χ3n) is 3.10. The number of aliphatic imine (C=N–C) groups is 1. The molecule has 140 valence electrons. The zero-order valence-electron chi connectivity index (χ0n) is 14.4. The van der Waals surface area contributed by atoms with E-state index in [1.807, 2.05) is 24.4 Å². The number of nitrogens with two attached hydrogens (primary N) is 1. The lowest BCUT2D eigenvalue weighted by molar-refractivity contribution is -0.143. The highest BCUT2D eigenvalue weighted by Gasteiger charge is 2.03. The number of hydrazone groups is 1. The molecule has 0 atom stereocenters. The number of aliphatic carboxylic acids is 2. The van der Waals surface area contributed by atoms with Crippen LogP contribution >= 0.6 is 0 Å². The van der Waals surface area contributed by atoms with Gasteiger partial charge in [0.1, 0.15) is 5.75 Å². The van der Waals surface area contributed by atoms with Crippen LogP contribution in [0.5, 0.6) is 5.75 Å². The van der Waals surface area contributed by atoms with Crippen molar-refractivity contribution in [2.75, 3.05) is 14.2 Å². The minimum absolute atomic E-state index is 0.267. The molecule has 0 aliphatic carbocycles. The fourth-order valence-electron chi connectivity index (χ4n) is 1.79. The first-order valence-electron chi connectivity index (χ1n) is 7.47. The summed E-state index contributed by atoms with van der Waals surface area (Å²) in [6.45, 7) is 0. The predicted octanol–water partition coefficient (Wildman–Crippen LogP) is 0.980. The van der Waals surface area contributed by atoms with Gasteiger partial charge in [-0.25, -0.2) is 5.43 Å². The second-order valence-electron chi connectivity index (χ2n) is 4.92. The summed E-state index contributed by atoms with van der Waals surface area (Å²) in [7, 11) is 3.23. The largest absolute Gasteiger partial charge is 0.497 e. The zero-order chi connectivity index (χ0) is 19.5. The number of aromatic amines is 1. The van der Waals surface area contributed by atoms with E-state index in [1.54, 1.807) is 20.4 Å². The van der Waals surface area contributed by atoms with Gasteiger partial charge < -0.3 is 25.7 Å². The third-order valence-corrected chi connectivity index (χ3v) is 3.10. The van der Waals surface area contributed by atoms with E-state index in [-0.39, 0.29) is 18.8 Å². The van der Waals surface area contributed by atoms with Gasteiger partial charge in [-0.15, -0.1) is 0 Å². The number of hydrogen-bond donors (Lipinski definition) is 5. The van der Waals surface area contributed by atoms with E-state index in [0.717, 1.165) is 22.2 Å². The van der Waals surface area contributed by atoms with Crippen molar-refractivity contribution in [3.8, 4) is 5.75 Å². The number of nitrogens with one attached hydrogen (secondary N) is 2. The molecule has 0 saturated carbocycles. The maximum atomic E-state index is 9.64. The molecule has 10 nitrogen and oxygen atoms in total. The molecule has 10 heteroatoms. The summed E-state index contributed by atoms with van der Waals surface area (Å²) in [5, 5.41) is 20.8. The van der Waals surface area contributed by atoms with Gasteiger partial charge in [0.05, 0.1) is 26.2 Å². The Morgan fingerprint density at radius 1 is 1.31 bits per heavy atom. The summed E-state index contributed by atoms with van der Waals surface area (Å²) < 4.78 is 5.19. The fourth-order valence-corrected chi connectivity index (χ4v) is 1.79. The first-order chi connectivity index (χ1) is 12.4. The van der Waals surface area contributed by atoms with Crippen LogP contribution in [0.25, 0.3) is 10.9 Å². The molecule has 0 bridgehead atoms. The van der Waals surface area contributed by atoms with Gasteiger partial charge >= 0.3 is 11.9 Å². The van der Waals surface area contributed by atoms with E-state index in [9.17, 15) is 9.59 Å². The first-order valence-corrected chi connectivity index (χ1v) is 7.47. The Morgan fingerprint density at radius 2 is 1.96 bits per heavy atom. The van der Waals surface area contributed by atoms with E-state index in [2.05, 4.69) is 20.5 Å². The molecular formula is C16H21N5O5. The minimum atomic E-state index is -1.08. The predicted molar refractivity (Wildman–Crippen MR) is 97.6 cm³/mol. The number of fused-ring (bicyclic) bond motifs is 1. The highest BCUT2D eigenvalue weighted by atomic mass is 16.5. The maximum absolute atomic E-state index is 9.64. The van der Waals surface area contributed by atoms with Crippen LogP contribution in [0.2, 0.25) is 0 Å². The van der Waals surface area contributed by atoms with Gasteiger partial charge in [0, 0.05) is 29.7 Å². The quantitative estimate of drug-likeness (QED) is 0.290. The van der Waals surface area contributed by atoms with Gasteiger partial charge in [0.25, 0.3) is 0 Å². The topological polar surface area (TPSA) is 162 Å². The number of H-pyrrole nitrogens is 1. The highest BCUT2D eigenvalue weighted by Crippen LogP contribution is 2.22. The molecule has 0 saturated heterocycles. The average Bonchev–Trinajstić information content (AvgIpc) is 3.02. The van der Waals surface area contributed by atoms with Crippen LogP contribution in [0.3, 0.4) is 0 Å². The van der Waals surface area contributed by atoms with Gasteiger partial charge in [-0.2, -0.15) is 5.10 Å². The van der Waals surface area contributed by atoms with E-state index in [0.29, 0.717) is 0 Å². The van der Waals surface area contributed by atoms with Crippen LogP contribution < -0.4 is 15.9 Å². The number of nitrogens with zero attached hydrogens (tertiary/aromatic N) is 2. The summed E-state index contributed by atoms with van der Waals surface area (Å²) in [5.74, 6) is -1.08. The standard InChI is InChI=1S/C12H15N5O.C4H6O4/c1-14-12(13)17-16-7-8-6-15-11-4-3-9(18-2)5-10(8)11;5-3(6)1-2-4(7)8/h3-7,15H,1-2H3,(H3,13,14,17);1-2H2,(H,5,6)(H,7,8)/b16-7-;. The summed E-state index contributed by atoms with van der Waals surface area (Å²) in [6.07, 6.45) is 2.95. The number of methoxy groups -OCH3 is 1. The van der Waals surface area contributed by atoms with Crippen molar-refractivity contribution in [3.05, 3.63) is 30.0 Å². The lowest BCUT2D eigenvalue weighted by Crippen LogP contribution is -2.26. The van der Waals surface area contributed by atoms with Crippen LogP contribution in [0.15, 0.2) is 34.5 Å². The molecule has 26 heavy (non-hydrogen) atoms. The summed E-state index contributed by atoms with van der Waals surface area (Å²) >= 11 is 0. The number of rotatable bonds is 6. The molecule has 0 aliphatic heterocycles. The highest BCUT2D eigenvalue weighted by molar-refractivity contribution is 5.99. The van der Waals surface area contributed by atoms with Crippen molar-refractivity contribution in [1.82, 2.24) is 10.4 Å². The van der Waals surface area contributed by atoms with Crippen LogP contribution in [-0.2, 0) is 9.59 Å². The monoisotopic (exact) mass is 363 g/mol. The lowest BCUT2D eigenvalue weighted by atomic mass is 10.2. The average molecular weight is 363 g/mol. The Labute approximate surface area is 149 Å². The van der Waals surface area contributed by atoms with Gasteiger partial charge in [0.15, 0.2) is 0 Å². The van der Waals surface area contributed by atoms with Crippen LogP contribution in [-0.4, -0.2) is 53.5 Å². The third kappa shape index (κ3) is 6.91. The Bertz CT molecular complexity index is 798. The molecule has 0 aliphatic rings. The second-order valence-corrected chi connectivity index (χ2v) is 4.92. The summed E-state index contributed by atoms with van der Waals surface area (Å²) in [4.78, 5) is 26.2. The zero-order valence-corrected chi connectivity index (χ0v) is 14.4. The van der Waals surface area contributed by atoms with Crippen LogP contribution in [0, 0.1) is 0 Å². The van der Waals surface area contributed by atoms with Gasteiger partial charge in [0.2, 0.25) is 5.96 Å². The molecule has 2 rings (SSSR count). The molecular weight excluding hydrogens is 342 g/mol. The van der Waals surface area contributed by atoms with E-state index >= 15 is 0 Å². The Hall–Kier alpha value is -3.56. The van der Waals surface area contributed by atoms with Crippen molar-refractivity contribution in [2.24, 2.45) is 15.8 Å². The van der Waals surface area contributed by atoms with Crippen molar-refractivity contribution in [3.63, 3.8) is 0 Å². The number of aromatic nitrogens is 1. The first kappa shape index (κ1) is 20.5. The molecule has 0 amide bonds. The smallest absolute Gasteiger partial charge is 0.303 e. The molecule has 1 aromatic heterocycles. The number of hydrogen-bond acceptors (Lipinski definition) is 5. The molecule has 0 fully saturated rings. The van der Waals surface area contributed by atoms with Gasteiger partial charge in [-0.05, 0) is 18.2 Å². The molecule has 6 N–H and O–H groups in total. The molecule has 0 unspecified atom stereocenters. The number of carboxylic acid groups (broad SMARTS) is 2. The number of benzene rings is 1. The fraction of sp³-hybridized carbons (Fsp3) is 0.250. The number of carbonyl (C=O) groups is 2. The number of carboxylic acids is 2.